The Kier molecular flexibility index (Phi) is 4.43. The number of aromatic nitrogens is 2. The van der Waals surface area contributed by atoms with Gasteiger partial charge in [0.15, 0.2) is 11.5 Å². The van der Waals surface area contributed by atoms with Gasteiger partial charge in [-0.15, -0.1) is 0 Å². The first-order chi connectivity index (χ1) is 9.82. The number of pyridine rings is 1. The summed E-state index contributed by atoms with van der Waals surface area (Å²) in [6, 6.07) is 5.06. The molecule has 1 atom stereocenters. The molecule has 0 bridgehead atoms. The van der Waals surface area contributed by atoms with E-state index in [4.69, 9.17) is 19.6 Å². The monoisotopic (exact) mass is 314 g/mol. The average molecular weight is 314 g/mol. The maximum Gasteiger partial charge on any atom is 0.376 e. The lowest BCUT2D eigenvalue weighted by atomic mass is 10.1. The van der Waals surface area contributed by atoms with Gasteiger partial charge in [0.25, 0.3) is 0 Å². The number of imidazole rings is 1. The summed E-state index contributed by atoms with van der Waals surface area (Å²) in [5.41, 5.74) is 0.787. The normalized spacial score (nSPS) is 13.5. The van der Waals surface area contributed by atoms with Crippen LogP contribution in [-0.2, 0) is 20.5 Å². The molecule has 0 saturated carbocycles. The van der Waals surface area contributed by atoms with Crippen molar-refractivity contribution >= 4 is 24.6 Å². The van der Waals surface area contributed by atoms with Crippen LogP contribution in [0.5, 0.6) is 0 Å². The lowest BCUT2D eigenvalue weighted by molar-refractivity contribution is -0.148. The predicted molar refractivity (Wildman–Crippen MR) is 73.6 cm³/mol. The lowest BCUT2D eigenvalue weighted by Gasteiger charge is -2.11. The second-order valence-corrected chi connectivity index (χ2v) is 6.04. The van der Waals surface area contributed by atoms with E-state index in [0.717, 1.165) is 0 Å². The smallest absolute Gasteiger partial charge is 0.376 e. The third-order valence-electron chi connectivity index (χ3n) is 3.08. The maximum atomic E-state index is 11.2. The van der Waals surface area contributed by atoms with Gasteiger partial charge in [0, 0.05) is 19.0 Å². The number of carboxylic acid groups (broad SMARTS) is 1. The van der Waals surface area contributed by atoms with Crippen LogP contribution in [0.3, 0.4) is 0 Å². The van der Waals surface area contributed by atoms with Gasteiger partial charge < -0.3 is 24.0 Å². The molecule has 0 aliphatic heterocycles. The van der Waals surface area contributed by atoms with Crippen molar-refractivity contribution in [1.29, 1.82) is 0 Å². The van der Waals surface area contributed by atoms with Crippen molar-refractivity contribution in [1.82, 2.24) is 9.38 Å². The third-order valence-corrected chi connectivity index (χ3v) is 3.90. The molecule has 2 rings (SSSR count). The van der Waals surface area contributed by atoms with Gasteiger partial charge in [-0.2, -0.15) is 0 Å². The minimum absolute atomic E-state index is 0.244. The highest BCUT2D eigenvalue weighted by Gasteiger charge is 2.22. The van der Waals surface area contributed by atoms with Crippen LogP contribution in [0.15, 0.2) is 24.4 Å². The van der Waals surface area contributed by atoms with E-state index in [1.807, 2.05) is 0 Å². The quantitative estimate of drug-likeness (QED) is 0.650. The van der Waals surface area contributed by atoms with Crippen molar-refractivity contribution in [2.45, 2.75) is 18.9 Å². The number of fused-ring (bicyclic) bond motifs is 1. The molecule has 8 nitrogen and oxygen atoms in total. The standard InChI is InChI=1S/C12H15N2O6P/c1-20-9(12(15)16)6-5-8-3-2-4-10-13-11(7-14(8)10)21(17,18)19/h2-4,7,9H,5-6H2,1H3,(H,15,16)(H2,17,18,19). The van der Waals surface area contributed by atoms with Crippen LogP contribution in [0.2, 0.25) is 0 Å². The zero-order valence-electron chi connectivity index (χ0n) is 11.2. The van der Waals surface area contributed by atoms with E-state index in [-0.39, 0.29) is 11.9 Å². The second kappa shape index (κ2) is 5.95. The minimum atomic E-state index is -4.42. The van der Waals surface area contributed by atoms with E-state index in [1.54, 1.807) is 22.6 Å². The Balaban J connectivity index is 2.30. The molecule has 2 aromatic rings. The Labute approximate surface area is 120 Å². The molecule has 0 aromatic carbocycles. The molecule has 1 unspecified atom stereocenters. The van der Waals surface area contributed by atoms with Crippen molar-refractivity contribution in [3.8, 4) is 0 Å². The fraction of sp³-hybridized carbons (Fsp3) is 0.333. The highest BCUT2D eigenvalue weighted by atomic mass is 31.2. The van der Waals surface area contributed by atoms with Gasteiger partial charge in [-0.05, 0) is 25.0 Å². The molecule has 0 spiro atoms. The molecule has 2 aromatic heterocycles. The number of aliphatic carboxylic acids is 1. The molecule has 114 valence electrons. The molecule has 0 fully saturated rings. The summed E-state index contributed by atoms with van der Waals surface area (Å²) < 4.78 is 17.6. The number of ether oxygens (including phenoxy) is 1. The van der Waals surface area contributed by atoms with Crippen LogP contribution in [0.25, 0.3) is 5.65 Å². The zero-order valence-corrected chi connectivity index (χ0v) is 12.1. The molecule has 0 aliphatic rings. The van der Waals surface area contributed by atoms with Gasteiger partial charge in [-0.3, -0.25) is 4.57 Å². The van der Waals surface area contributed by atoms with Crippen molar-refractivity contribution < 1.29 is 29.0 Å². The van der Waals surface area contributed by atoms with Crippen LogP contribution in [0.1, 0.15) is 12.1 Å². The van der Waals surface area contributed by atoms with Crippen molar-refractivity contribution in [2.75, 3.05) is 7.11 Å². The Morgan fingerprint density at radius 2 is 2.19 bits per heavy atom. The summed E-state index contributed by atoms with van der Waals surface area (Å²) in [5.74, 6) is -1.05. The molecule has 3 N–H and O–H groups in total. The summed E-state index contributed by atoms with van der Waals surface area (Å²) in [6.07, 6.45) is 0.964. The van der Waals surface area contributed by atoms with Gasteiger partial charge in [0.2, 0.25) is 0 Å². The predicted octanol–water partition coefficient (Wildman–Crippen LogP) is 0.169. The fourth-order valence-corrected chi connectivity index (χ4v) is 2.52. The molecule has 0 saturated heterocycles. The number of rotatable bonds is 6. The van der Waals surface area contributed by atoms with E-state index in [9.17, 15) is 9.36 Å². The SMILES string of the molecule is COC(CCc1cccc2nc(P(=O)(O)O)cn12)C(=O)O. The highest BCUT2D eigenvalue weighted by molar-refractivity contribution is 7.60. The van der Waals surface area contributed by atoms with Crippen LogP contribution in [0.4, 0.5) is 0 Å². The first-order valence-electron chi connectivity index (χ1n) is 6.11. The number of methoxy groups -OCH3 is 1. The van der Waals surface area contributed by atoms with E-state index >= 15 is 0 Å². The third kappa shape index (κ3) is 3.48. The topological polar surface area (TPSA) is 121 Å². The molecule has 21 heavy (non-hydrogen) atoms. The molecule has 0 aliphatic carbocycles. The van der Waals surface area contributed by atoms with Gasteiger partial charge in [-0.25, -0.2) is 9.78 Å². The first kappa shape index (κ1) is 15.7. The largest absolute Gasteiger partial charge is 0.479 e. The van der Waals surface area contributed by atoms with E-state index in [2.05, 4.69) is 4.98 Å². The van der Waals surface area contributed by atoms with Crippen LogP contribution in [-0.4, -0.2) is 43.5 Å². The number of carboxylic acids is 1. The van der Waals surface area contributed by atoms with Gasteiger partial charge in [0.05, 0.1) is 0 Å². The number of aryl methyl sites for hydroxylation is 1. The molecular weight excluding hydrogens is 299 g/mol. The summed E-state index contributed by atoms with van der Waals surface area (Å²) >= 11 is 0. The van der Waals surface area contributed by atoms with Gasteiger partial charge in [0.1, 0.15) is 5.65 Å². The highest BCUT2D eigenvalue weighted by Crippen LogP contribution is 2.32. The number of hydrogen-bond acceptors (Lipinski definition) is 4. The molecular formula is C12H15N2O6P. The molecule has 2 heterocycles. The zero-order chi connectivity index (χ0) is 15.6. The van der Waals surface area contributed by atoms with E-state index in [0.29, 0.717) is 17.8 Å². The van der Waals surface area contributed by atoms with Gasteiger partial charge in [-0.1, -0.05) is 6.07 Å². The van der Waals surface area contributed by atoms with Crippen LogP contribution < -0.4 is 5.44 Å². The number of hydrogen-bond donors (Lipinski definition) is 3. The van der Waals surface area contributed by atoms with Crippen molar-refractivity contribution in [3.63, 3.8) is 0 Å². The molecule has 0 radical (unpaired) electrons. The number of nitrogens with zero attached hydrogens (tertiary/aromatic N) is 2. The molecule has 0 amide bonds. The maximum absolute atomic E-state index is 11.2. The van der Waals surface area contributed by atoms with E-state index in [1.165, 1.54) is 13.3 Å². The van der Waals surface area contributed by atoms with Crippen molar-refractivity contribution in [3.05, 3.63) is 30.1 Å². The summed E-state index contributed by atoms with van der Waals surface area (Å²) in [4.78, 5) is 33.1. The second-order valence-electron chi connectivity index (χ2n) is 4.49. The summed E-state index contributed by atoms with van der Waals surface area (Å²) in [5, 5.41) is 8.93. The Bertz CT molecular complexity index is 707. The Morgan fingerprint density at radius 3 is 2.76 bits per heavy atom. The minimum Gasteiger partial charge on any atom is -0.479 e. The van der Waals surface area contributed by atoms with Crippen LogP contribution in [0, 0.1) is 0 Å². The lowest BCUT2D eigenvalue weighted by Crippen LogP contribution is -2.23. The average Bonchev–Trinajstić information content (AvgIpc) is 2.83. The summed E-state index contributed by atoms with van der Waals surface area (Å²) in [7, 11) is -3.10. The molecule has 9 heteroatoms. The van der Waals surface area contributed by atoms with Crippen molar-refractivity contribution in [2.24, 2.45) is 0 Å². The fourth-order valence-electron chi connectivity index (χ4n) is 2.02. The first-order valence-corrected chi connectivity index (χ1v) is 7.73. The number of carbonyl (C=O) groups is 1. The Hall–Kier alpha value is -1.73. The van der Waals surface area contributed by atoms with Crippen LogP contribution >= 0.6 is 7.60 Å². The van der Waals surface area contributed by atoms with Gasteiger partial charge >= 0.3 is 13.6 Å². The van der Waals surface area contributed by atoms with E-state index < -0.39 is 19.7 Å². The Morgan fingerprint density at radius 1 is 1.48 bits per heavy atom. The summed E-state index contributed by atoms with van der Waals surface area (Å²) in [6.45, 7) is 0.